The van der Waals surface area contributed by atoms with Crippen LogP contribution >= 0.6 is 21.6 Å². The minimum atomic E-state index is -1.63. The number of nitrogens with one attached hydrogen (secondary N) is 7. The number of amides is 7. The quantitative estimate of drug-likeness (QED) is 0.0161. The number of nitrogens with zero attached hydrogens (tertiary/aromatic N) is 1. The van der Waals surface area contributed by atoms with E-state index in [1.807, 2.05) is 0 Å². The summed E-state index contributed by atoms with van der Waals surface area (Å²) in [7, 11) is 2.20. The van der Waals surface area contributed by atoms with Gasteiger partial charge < -0.3 is 64.6 Å². The van der Waals surface area contributed by atoms with Gasteiger partial charge in [0.15, 0.2) is 5.96 Å². The van der Waals surface area contributed by atoms with E-state index in [0.717, 1.165) is 21.6 Å². The lowest BCUT2D eigenvalue weighted by molar-refractivity contribution is -0.142. The van der Waals surface area contributed by atoms with Crippen LogP contribution in [0.15, 0.2) is 35.3 Å². The fraction of sp³-hybridized carbons (Fsp3) is 0.543. The van der Waals surface area contributed by atoms with Crippen molar-refractivity contribution in [3.05, 3.63) is 35.9 Å². The van der Waals surface area contributed by atoms with E-state index in [1.165, 1.54) is 0 Å². The summed E-state index contributed by atoms with van der Waals surface area (Å²) < 4.78 is 0. The third-order valence-electron chi connectivity index (χ3n) is 8.55. The molecule has 0 aliphatic carbocycles. The van der Waals surface area contributed by atoms with E-state index in [2.05, 4.69) is 47.0 Å². The van der Waals surface area contributed by atoms with Crippen molar-refractivity contribution in [1.29, 1.82) is 0 Å². The second-order valence-corrected chi connectivity index (χ2v) is 16.0. The van der Waals surface area contributed by atoms with Crippen LogP contribution in [0, 0.1) is 0 Å². The molecule has 0 spiro atoms. The molecule has 0 saturated carbocycles. The van der Waals surface area contributed by atoms with E-state index in [0.29, 0.717) is 12.0 Å². The van der Waals surface area contributed by atoms with Crippen molar-refractivity contribution in [2.24, 2.45) is 28.1 Å². The fourth-order valence-electron chi connectivity index (χ4n) is 5.45. The van der Waals surface area contributed by atoms with Gasteiger partial charge in [-0.15, -0.1) is 0 Å². The van der Waals surface area contributed by atoms with E-state index < -0.39 is 109 Å². The van der Waals surface area contributed by atoms with Crippen LogP contribution < -0.4 is 60.3 Å². The average molecular weight is 899 g/mol. The van der Waals surface area contributed by atoms with E-state index in [-0.39, 0.29) is 62.7 Å². The van der Waals surface area contributed by atoms with Gasteiger partial charge in [-0.1, -0.05) is 51.9 Å². The molecule has 26 heteroatoms. The molecule has 2 rings (SSSR count). The summed E-state index contributed by atoms with van der Waals surface area (Å²) in [5.41, 5.74) is 17.4. The highest BCUT2D eigenvalue weighted by Crippen LogP contribution is 2.22. The van der Waals surface area contributed by atoms with Crippen LogP contribution in [0.3, 0.4) is 0 Å². The van der Waals surface area contributed by atoms with Gasteiger partial charge in [-0.05, 0) is 37.7 Å². The molecule has 1 saturated heterocycles. The summed E-state index contributed by atoms with van der Waals surface area (Å²) in [6.45, 7) is -0.998. The highest BCUT2D eigenvalue weighted by Gasteiger charge is 2.33. The van der Waals surface area contributed by atoms with Crippen LogP contribution in [0.25, 0.3) is 0 Å². The molecular formula is C35H54N12O12S2. The topological polar surface area (TPSA) is 404 Å². The third-order valence-corrected chi connectivity index (χ3v) is 11.0. The number of nitrogens with two attached hydrogens (primary N) is 4. The molecule has 7 amide bonds. The Labute approximate surface area is 358 Å². The molecule has 338 valence electrons. The van der Waals surface area contributed by atoms with Crippen LogP contribution in [0.2, 0.25) is 0 Å². The van der Waals surface area contributed by atoms with E-state index in [1.54, 1.807) is 30.3 Å². The SMILES string of the molecule is NOCC(=O)N[C@@H](CSSC[C@H](N)C(=O)NCCCC[C@@H]1NC(=O)[C@H](Cc2ccccc2)NC(=O)[C@H](CC(=O)O)NC(=O)CNC(=O)[C@H](CCCN=C(N)N)NC1=O)C(=O)O. The molecular weight excluding hydrogens is 845 g/mol. The number of benzene rings is 1. The summed E-state index contributed by atoms with van der Waals surface area (Å²) >= 11 is 0. The van der Waals surface area contributed by atoms with Crippen LogP contribution in [0.1, 0.15) is 44.1 Å². The van der Waals surface area contributed by atoms with Gasteiger partial charge in [0.1, 0.15) is 36.8 Å². The lowest BCUT2D eigenvalue weighted by Crippen LogP contribution is -2.58. The number of aliphatic carboxylic acids is 2. The number of carbonyl (C=O) groups excluding carboxylic acids is 7. The maximum atomic E-state index is 13.9. The predicted octanol–water partition coefficient (Wildman–Crippen LogP) is -4.72. The lowest BCUT2D eigenvalue weighted by Gasteiger charge is -2.26. The number of rotatable bonds is 23. The Morgan fingerprint density at radius 1 is 0.820 bits per heavy atom. The van der Waals surface area contributed by atoms with Crippen molar-refractivity contribution < 1.29 is 58.2 Å². The second kappa shape index (κ2) is 27.9. The highest BCUT2D eigenvalue weighted by atomic mass is 33.1. The molecule has 1 fully saturated rings. The van der Waals surface area contributed by atoms with Gasteiger partial charge >= 0.3 is 11.9 Å². The first-order valence-corrected chi connectivity index (χ1v) is 21.4. The van der Waals surface area contributed by atoms with Crippen molar-refractivity contribution in [1.82, 2.24) is 37.2 Å². The largest absolute Gasteiger partial charge is 0.481 e. The van der Waals surface area contributed by atoms with Gasteiger partial charge in [0.05, 0.1) is 19.0 Å². The maximum Gasteiger partial charge on any atom is 0.327 e. The minimum absolute atomic E-state index is 0.00103. The predicted molar refractivity (Wildman–Crippen MR) is 223 cm³/mol. The molecule has 61 heavy (non-hydrogen) atoms. The van der Waals surface area contributed by atoms with E-state index in [9.17, 15) is 53.4 Å². The Bertz CT molecular complexity index is 1710. The molecule has 1 aromatic rings. The summed E-state index contributed by atoms with van der Waals surface area (Å²) in [6, 6.07) is 0.785. The van der Waals surface area contributed by atoms with Crippen LogP contribution in [-0.4, -0.2) is 143 Å². The lowest BCUT2D eigenvalue weighted by atomic mass is 10.0. The molecule has 0 unspecified atom stereocenters. The van der Waals surface area contributed by atoms with Crippen molar-refractivity contribution in [3.8, 4) is 0 Å². The first-order chi connectivity index (χ1) is 29.0. The van der Waals surface area contributed by atoms with Gasteiger partial charge in [0, 0.05) is 31.0 Å². The maximum absolute atomic E-state index is 13.9. The minimum Gasteiger partial charge on any atom is -0.481 e. The Kier molecular flexibility index (Phi) is 23.6. The zero-order valence-corrected chi connectivity index (χ0v) is 34.7. The summed E-state index contributed by atoms with van der Waals surface area (Å²) in [5, 5.41) is 36.1. The molecule has 1 aliphatic rings. The molecule has 0 radical (unpaired) electrons. The number of aliphatic imine (C=N–C) groups is 1. The normalized spacial score (nSPS) is 19.8. The van der Waals surface area contributed by atoms with E-state index >= 15 is 0 Å². The Morgan fingerprint density at radius 2 is 1.43 bits per heavy atom. The highest BCUT2D eigenvalue weighted by molar-refractivity contribution is 8.76. The fourth-order valence-corrected chi connectivity index (χ4v) is 7.73. The Balaban J connectivity index is 2.20. The van der Waals surface area contributed by atoms with Gasteiger partial charge in [-0.2, -0.15) is 0 Å². The van der Waals surface area contributed by atoms with Crippen LogP contribution in [0.4, 0.5) is 0 Å². The second-order valence-electron chi connectivity index (χ2n) is 13.5. The van der Waals surface area contributed by atoms with Crippen LogP contribution in [-0.2, 0) is 54.4 Å². The zero-order chi connectivity index (χ0) is 45.3. The first kappa shape index (κ1) is 51.4. The molecule has 0 bridgehead atoms. The number of carboxylic acids is 2. The van der Waals surface area contributed by atoms with Crippen LogP contribution in [0.5, 0.6) is 0 Å². The third kappa shape index (κ3) is 20.9. The smallest absolute Gasteiger partial charge is 0.327 e. The van der Waals surface area contributed by atoms with Gasteiger partial charge in [0.2, 0.25) is 41.4 Å². The van der Waals surface area contributed by atoms with Crippen molar-refractivity contribution in [2.75, 3.05) is 37.7 Å². The summed E-state index contributed by atoms with van der Waals surface area (Å²) in [4.78, 5) is 123. The molecule has 6 atom stereocenters. The number of carbonyl (C=O) groups is 9. The number of hydrogen-bond acceptors (Lipinski definition) is 15. The number of unbranched alkanes of at least 4 members (excludes halogenated alkanes) is 1. The Morgan fingerprint density at radius 3 is 2.07 bits per heavy atom. The van der Waals surface area contributed by atoms with Gasteiger partial charge in [0.25, 0.3) is 0 Å². The van der Waals surface area contributed by atoms with Gasteiger partial charge in [-0.25, -0.2) is 10.7 Å². The van der Waals surface area contributed by atoms with Crippen molar-refractivity contribution >= 4 is 80.8 Å². The average Bonchev–Trinajstić information content (AvgIpc) is 3.20. The standard InChI is InChI=1S/C35H54N12O12S2/c36-20(17-60-61-18-25(34(57)58)44-27(49)16-59-39)29(52)40-11-5-4-9-22-31(54)45-21(10-6-12-41-35(37)38)30(53)42-15-26(48)43-24(14-28(50)51)33(56)47-23(32(55)46-22)13-19-7-2-1-3-8-19/h1-3,7-8,20-25H,4-6,9-18,36,39H2,(H,40,52)(H,42,53)(H,43,48)(H,44,49)(H,45,54)(H,46,55)(H,47,56)(H,50,51)(H,57,58)(H4,37,38,41)/t20-,21-,22-,23-,24-,25-/m0/s1. The summed E-state index contributed by atoms with van der Waals surface area (Å²) in [6.07, 6.45) is -0.197. The zero-order valence-electron chi connectivity index (χ0n) is 33.1. The molecule has 1 aliphatic heterocycles. The van der Waals surface area contributed by atoms with Gasteiger partial charge in [-0.3, -0.25) is 48.2 Å². The Hall–Kier alpha value is -5.70. The molecule has 24 nitrogen and oxygen atoms in total. The monoisotopic (exact) mass is 898 g/mol. The molecule has 0 aromatic heterocycles. The van der Waals surface area contributed by atoms with Crippen molar-refractivity contribution in [3.63, 3.8) is 0 Å². The molecule has 1 heterocycles. The van der Waals surface area contributed by atoms with E-state index in [4.69, 9.17) is 23.1 Å². The number of hydrogen-bond donors (Lipinski definition) is 13. The molecule has 17 N–H and O–H groups in total. The summed E-state index contributed by atoms with van der Waals surface area (Å²) in [5.74, 6) is -3.55. The molecule has 1 aromatic carbocycles. The number of guanidine groups is 1. The number of carboxylic acid groups (broad SMARTS) is 2. The first-order valence-electron chi connectivity index (χ1n) is 18.9. The van der Waals surface area contributed by atoms with Crippen molar-refractivity contribution in [2.45, 2.75) is 81.2 Å².